The van der Waals surface area contributed by atoms with Gasteiger partial charge in [-0.05, 0) is 42.2 Å². The number of aryl methyl sites for hydroxylation is 1. The molecule has 10 nitrogen and oxygen atoms in total. The summed E-state index contributed by atoms with van der Waals surface area (Å²) in [7, 11) is -4.10. The van der Waals surface area contributed by atoms with Crippen LogP contribution < -0.4 is 9.62 Å². The predicted molar refractivity (Wildman–Crippen MR) is 154 cm³/mol. The molecule has 0 bridgehead atoms. The highest BCUT2D eigenvalue weighted by atomic mass is 32.2. The maximum atomic E-state index is 14.0. The molecule has 3 aromatic carbocycles. The lowest BCUT2D eigenvalue weighted by Gasteiger charge is -2.33. The quantitative estimate of drug-likeness (QED) is 0.239. The van der Waals surface area contributed by atoms with E-state index in [2.05, 4.69) is 5.32 Å². The lowest BCUT2D eigenvalue weighted by atomic mass is 10.0. The zero-order valence-electron chi connectivity index (χ0n) is 23.1. The van der Waals surface area contributed by atoms with Crippen LogP contribution in [0.2, 0.25) is 0 Å². The van der Waals surface area contributed by atoms with Gasteiger partial charge in [-0.2, -0.15) is 0 Å². The molecule has 2 amide bonds. The summed E-state index contributed by atoms with van der Waals surface area (Å²) in [5, 5.41) is 14.2. The highest BCUT2D eigenvalue weighted by Crippen LogP contribution is 2.28. The van der Waals surface area contributed by atoms with Crippen molar-refractivity contribution in [2.45, 2.75) is 39.3 Å². The summed E-state index contributed by atoms with van der Waals surface area (Å²) in [5.41, 5.74) is 1.34. The number of carbonyl (C=O) groups excluding carboxylic acids is 2. The summed E-state index contributed by atoms with van der Waals surface area (Å²) in [6, 6.07) is 17.2. The standard InChI is InChI=1S/C29H33FN4O6S/c1-4-16-31-29(36)27(17-22-8-6-5-7-9-22)32(19-23-11-13-24(30)14-12-23)28(35)20-33(41(3,39)40)26-18-25(34(37)38)15-10-21(26)2/h5-15,18,27H,4,16-17,19-20H2,1-3H3,(H,31,36). The number of non-ortho nitro benzene ring substituents is 1. The smallest absolute Gasteiger partial charge is 0.271 e. The number of amides is 2. The summed E-state index contributed by atoms with van der Waals surface area (Å²) in [6.07, 6.45) is 1.69. The van der Waals surface area contributed by atoms with E-state index < -0.39 is 45.2 Å². The molecule has 0 aromatic heterocycles. The Hall–Kier alpha value is -4.32. The molecule has 0 aliphatic carbocycles. The number of hydrogen-bond donors (Lipinski definition) is 1. The number of nitro groups is 1. The van der Waals surface area contributed by atoms with E-state index in [4.69, 9.17) is 0 Å². The maximum absolute atomic E-state index is 14.0. The van der Waals surface area contributed by atoms with E-state index in [-0.39, 0.29) is 24.3 Å². The van der Waals surface area contributed by atoms with Crippen LogP contribution in [0.5, 0.6) is 0 Å². The average molecular weight is 585 g/mol. The first-order valence-corrected chi connectivity index (χ1v) is 14.8. The number of rotatable bonds is 13. The summed E-state index contributed by atoms with van der Waals surface area (Å²) >= 11 is 0. The highest BCUT2D eigenvalue weighted by molar-refractivity contribution is 7.92. The van der Waals surface area contributed by atoms with Gasteiger partial charge in [-0.15, -0.1) is 0 Å². The Bertz CT molecular complexity index is 1480. The fraction of sp³-hybridized carbons (Fsp3) is 0.310. The highest BCUT2D eigenvalue weighted by Gasteiger charge is 2.33. The van der Waals surface area contributed by atoms with Crippen molar-refractivity contribution in [1.29, 1.82) is 0 Å². The maximum Gasteiger partial charge on any atom is 0.271 e. The molecule has 0 saturated carbocycles. The van der Waals surface area contributed by atoms with Crippen molar-refractivity contribution in [2.24, 2.45) is 0 Å². The van der Waals surface area contributed by atoms with Crippen molar-refractivity contribution in [3.8, 4) is 0 Å². The number of hydrogen-bond acceptors (Lipinski definition) is 6. The lowest BCUT2D eigenvalue weighted by molar-refractivity contribution is -0.384. The third-order valence-electron chi connectivity index (χ3n) is 6.44. The van der Waals surface area contributed by atoms with Crippen LogP contribution in [0.15, 0.2) is 72.8 Å². The molecule has 0 radical (unpaired) electrons. The molecular weight excluding hydrogens is 551 g/mol. The van der Waals surface area contributed by atoms with Gasteiger partial charge in [0.05, 0.1) is 16.9 Å². The molecule has 12 heteroatoms. The third-order valence-corrected chi connectivity index (χ3v) is 7.56. The van der Waals surface area contributed by atoms with Crippen LogP contribution in [0.3, 0.4) is 0 Å². The third kappa shape index (κ3) is 8.58. The van der Waals surface area contributed by atoms with E-state index in [1.165, 1.54) is 41.3 Å². The number of carbonyl (C=O) groups is 2. The number of benzene rings is 3. The van der Waals surface area contributed by atoms with Gasteiger partial charge < -0.3 is 10.2 Å². The molecule has 41 heavy (non-hydrogen) atoms. The summed E-state index contributed by atoms with van der Waals surface area (Å²) in [6.45, 7) is 3.01. The zero-order chi connectivity index (χ0) is 30.2. The second-order valence-corrected chi connectivity index (χ2v) is 11.5. The van der Waals surface area contributed by atoms with Crippen molar-refractivity contribution in [3.63, 3.8) is 0 Å². The molecule has 3 aromatic rings. The molecule has 3 rings (SSSR count). The molecule has 0 heterocycles. The molecule has 0 saturated heterocycles. The van der Waals surface area contributed by atoms with Crippen molar-refractivity contribution in [2.75, 3.05) is 23.7 Å². The minimum atomic E-state index is -4.10. The Balaban J connectivity index is 2.09. The van der Waals surface area contributed by atoms with Crippen molar-refractivity contribution < 1.29 is 27.3 Å². The number of halogens is 1. The molecule has 1 unspecified atom stereocenters. The fourth-order valence-corrected chi connectivity index (χ4v) is 5.18. The van der Waals surface area contributed by atoms with Crippen molar-refractivity contribution in [1.82, 2.24) is 10.2 Å². The first-order valence-electron chi connectivity index (χ1n) is 13.0. The molecule has 1 N–H and O–H groups in total. The number of anilines is 1. The number of nitrogens with zero attached hydrogens (tertiary/aromatic N) is 3. The molecule has 1 atom stereocenters. The molecule has 218 valence electrons. The largest absolute Gasteiger partial charge is 0.354 e. The summed E-state index contributed by atoms with van der Waals surface area (Å²) in [5.74, 6) is -1.61. The van der Waals surface area contributed by atoms with Gasteiger partial charge in [0.1, 0.15) is 18.4 Å². The molecule has 0 fully saturated rings. The van der Waals surface area contributed by atoms with Crippen LogP contribution in [0.25, 0.3) is 0 Å². The van der Waals surface area contributed by atoms with Gasteiger partial charge in [-0.25, -0.2) is 12.8 Å². The number of sulfonamides is 1. The van der Waals surface area contributed by atoms with E-state index in [0.717, 1.165) is 22.2 Å². The molecule has 0 spiro atoms. The van der Waals surface area contributed by atoms with E-state index in [1.54, 1.807) is 19.1 Å². The topological polar surface area (TPSA) is 130 Å². The van der Waals surface area contributed by atoms with Gasteiger partial charge in [0.15, 0.2) is 0 Å². The second kappa shape index (κ2) is 13.8. The van der Waals surface area contributed by atoms with Gasteiger partial charge >= 0.3 is 0 Å². The van der Waals surface area contributed by atoms with Gasteiger partial charge in [-0.1, -0.05) is 55.5 Å². The van der Waals surface area contributed by atoms with Crippen molar-refractivity contribution >= 4 is 33.2 Å². The van der Waals surface area contributed by atoms with E-state index in [1.807, 2.05) is 25.1 Å². The van der Waals surface area contributed by atoms with Crippen molar-refractivity contribution in [3.05, 3.63) is 105 Å². The minimum Gasteiger partial charge on any atom is -0.354 e. The first-order chi connectivity index (χ1) is 19.4. The van der Waals surface area contributed by atoms with Crippen LogP contribution in [-0.4, -0.2) is 55.4 Å². The zero-order valence-corrected chi connectivity index (χ0v) is 23.9. The second-order valence-electron chi connectivity index (χ2n) is 9.64. The van der Waals surface area contributed by atoms with Crippen LogP contribution in [-0.2, 0) is 32.6 Å². The van der Waals surface area contributed by atoms with Crippen LogP contribution in [0.1, 0.15) is 30.0 Å². The Labute approximate surface area is 239 Å². The predicted octanol–water partition coefficient (Wildman–Crippen LogP) is 3.97. The Morgan fingerprint density at radius 1 is 1.02 bits per heavy atom. The van der Waals surface area contributed by atoms with E-state index in [0.29, 0.717) is 24.1 Å². The SMILES string of the molecule is CCCNC(=O)C(Cc1ccccc1)N(Cc1ccc(F)cc1)C(=O)CN(c1cc([N+](=O)[O-])ccc1C)S(C)(=O)=O. The number of nitrogens with one attached hydrogen (secondary N) is 1. The summed E-state index contributed by atoms with van der Waals surface area (Å²) in [4.78, 5) is 39.5. The number of nitro benzene ring substituents is 1. The fourth-order valence-electron chi connectivity index (χ4n) is 4.28. The molecule has 0 aliphatic heterocycles. The summed E-state index contributed by atoms with van der Waals surface area (Å²) < 4.78 is 40.3. The van der Waals surface area contributed by atoms with Gasteiger partial charge in [-0.3, -0.25) is 24.0 Å². The normalized spacial score (nSPS) is 11.9. The molecular formula is C29H33FN4O6S. The Morgan fingerprint density at radius 2 is 1.68 bits per heavy atom. The van der Waals surface area contributed by atoms with Gasteiger partial charge in [0.25, 0.3) is 5.69 Å². The van der Waals surface area contributed by atoms with Crippen LogP contribution in [0, 0.1) is 22.9 Å². The monoisotopic (exact) mass is 584 g/mol. The molecule has 0 aliphatic rings. The minimum absolute atomic E-state index is 0.0215. The lowest BCUT2D eigenvalue weighted by Crippen LogP contribution is -2.53. The Morgan fingerprint density at radius 3 is 2.27 bits per heavy atom. The van der Waals surface area contributed by atoms with E-state index in [9.17, 15) is 32.5 Å². The van der Waals surface area contributed by atoms with Gasteiger partial charge in [0, 0.05) is 31.6 Å². The van der Waals surface area contributed by atoms with E-state index >= 15 is 0 Å². The van der Waals surface area contributed by atoms with Gasteiger partial charge in [0.2, 0.25) is 21.8 Å². The van der Waals surface area contributed by atoms with Crippen LogP contribution in [0.4, 0.5) is 15.8 Å². The average Bonchev–Trinajstić information content (AvgIpc) is 2.93. The Kier molecular flexibility index (Phi) is 10.5. The van der Waals surface area contributed by atoms with Crippen LogP contribution >= 0.6 is 0 Å². The first kappa shape index (κ1) is 31.2.